The van der Waals surface area contributed by atoms with Gasteiger partial charge in [-0.2, -0.15) is 0 Å². The lowest BCUT2D eigenvalue weighted by molar-refractivity contribution is 0.0266. The van der Waals surface area contributed by atoms with E-state index >= 15 is 0 Å². The van der Waals surface area contributed by atoms with E-state index in [1.807, 2.05) is 20.2 Å². The molecule has 1 N–H and O–H groups in total. The smallest absolute Gasteiger partial charge is 0.0834 e. The highest BCUT2D eigenvalue weighted by molar-refractivity contribution is 5.02. The molecular weight excluding hydrogens is 194 g/mol. The van der Waals surface area contributed by atoms with Crippen LogP contribution in [0, 0.1) is 5.41 Å². The zero-order valence-electron chi connectivity index (χ0n) is 9.18. The highest BCUT2D eigenvalue weighted by Crippen LogP contribution is 2.37. The van der Waals surface area contributed by atoms with Crippen LogP contribution in [0.4, 0.5) is 0 Å². The molecular formula is C10H17N3O2. The molecule has 2 unspecified atom stereocenters. The van der Waals surface area contributed by atoms with Crippen LogP contribution in [0.5, 0.6) is 0 Å². The zero-order valence-corrected chi connectivity index (χ0v) is 9.18. The minimum absolute atomic E-state index is 0.0875. The highest BCUT2D eigenvalue weighted by atomic mass is 16.5. The Morgan fingerprint density at radius 1 is 1.73 bits per heavy atom. The molecule has 0 aliphatic carbocycles. The molecule has 1 aromatic heterocycles. The normalized spacial score (nSPS) is 31.0. The summed E-state index contributed by atoms with van der Waals surface area (Å²) in [6.07, 6.45) is 3.60. The van der Waals surface area contributed by atoms with Crippen LogP contribution in [-0.4, -0.2) is 39.4 Å². The topological polar surface area (TPSA) is 60.2 Å². The fourth-order valence-corrected chi connectivity index (χ4v) is 2.15. The molecule has 2 rings (SSSR count). The zero-order chi connectivity index (χ0) is 10.9. The van der Waals surface area contributed by atoms with Gasteiger partial charge >= 0.3 is 0 Å². The first-order valence-corrected chi connectivity index (χ1v) is 5.24. The fourth-order valence-electron chi connectivity index (χ4n) is 2.15. The first-order chi connectivity index (χ1) is 7.16. The van der Waals surface area contributed by atoms with Crippen molar-refractivity contribution in [1.82, 2.24) is 15.0 Å². The van der Waals surface area contributed by atoms with Crippen molar-refractivity contribution in [2.45, 2.75) is 25.9 Å². The van der Waals surface area contributed by atoms with Gasteiger partial charge in [-0.05, 0) is 13.3 Å². The lowest BCUT2D eigenvalue weighted by Crippen LogP contribution is -2.35. The third kappa shape index (κ3) is 1.89. The molecule has 2 heterocycles. The van der Waals surface area contributed by atoms with E-state index in [0.29, 0.717) is 0 Å². The molecule has 0 bridgehead atoms. The molecule has 5 heteroatoms. The Balaban J connectivity index is 2.14. The van der Waals surface area contributed by atoms with Crippen LogP contribution in [-0.2, 0) is 18.2 Å². The average Bonchev–Trinajstić information content (AvgIpc) is 2.76. The Bertz CT molecular complexity index is 339. The highest BCUT2D eigenvalue weighted by Gasteiger charge is 2.41. The van der Waals surface area contributed by atoms with Gasteiger partial charge in [0.05, 0.1) is 18.4 Å². The molecule has 1 saturated heterocycles. The number of rotatable bonds is 3. The van der Waals surface area contributed by atoms with E-state index in [2.05, 4.69) is 10.3 Å². The second kappa shape index (κ2) is 3.90. The summed E-state index contributed by atoms with van der Waals surface area (Å²) in [5.74, 6) is 0. The predicted octanol–water partition coefficient (Wildman–Crippen LogP) is 0.145. The maximum atomic E-state index is 9.52. The lowest BCUT2D eigenvalue weighted by atomic mass is 9.78. The van der Waals surface area contributed by atoms with E-state index in [4.69, 9.17) is 4.74 Å². The van der Waals surface area contributed by atoms with Gasteiger partial charge in [0, 0.05) is 31.7 Å². The van der Waals surface area contributed by atoms with E-state index in [-0.39, 0.29) is 18.1 Å². The molecule has 0 amide bonds. The maximum absolute atomic E-state index is 9.52. The van der Waals surface area contributed by atoms with Crippen molar-refractivity contribution in [1.29, 1.82) is 0 Å². The Morgan fingerprint density at radius 3 is 3.00 bits per heavy atom. The number of nitrogens with zero attached hydrogens (tertiary/aromatic N) is 3. The number of aromatic nitrogens is 3. The van der Waals surface area contributed by atoms with E-state index in [1.54, 1.807) is 4.68 Å². The van der Waals surface area contributed by atoms with E-state index in [1.165, 1.54) is 0 Å². The van der Waals surface area contributed by atoms with Gasteiger partial charge in [0.1, 0.15) is 0 Å². The van der Waals surface area contributed by atoms with E-state index in [9.17, 15) is 5.11 Å². The molecule has 2 atom stereocenters. The first-order valence-electron chi connectivity index (χ1n) is 5.24. The standard InChI is InChI=1S/C10H17N3O2/c1-8-10(7-14,3-4-15-8)5-9-6-13(2)12-11-9/h6,8,14H,3-5,7H2,1-2H3. The number of hydrogen-bond acceptors (Lipinski definition) is 4. The summed E-state index contributed by atoms with van der Waals surface area (Å²) < 4.78 is 7.21. The van der Waals surface area contributed by atoms with Gasteiger partial charge in [0.25, 0.3) is 0 Å². The summed E-state index contributed by atoms with van der Waals surface area (Å²) in [6.45, 7) is 2.88. The molecule has 1 aliphatic heterocycles. The number of aryl methyl sites for hydroxylation is 1. The summed E-state index contributed by atoms with van der Waals surface area (Å²) in [6, 6.07) is 0. The van der Waals surface area contributed by atoms with Gasteiger partial charge in [0.15, 0.2) is 0 Å². The monoisotopic (exact) mass is 211 g/mol. The second-order valence-corrected chi connectivity index (χ2v) is 4.34. The van der Waals surface area contributed by atoms with Gasteiger partial charge in [-0.25, -0.2) is 0 Å². The van der Waals surface area contributed by atoms with Gasteiger partial charge < -0.3 is 9.84 Å². The van der Waals surface area contributed by atoms with Crippen molar-refractivity contribution in [3.63, 3.8) is 0 Å². The van der Waals surface area contributed by atoms with Gasteiger partial charge in [0.2, 0.25) is 0 Å². The minimum atomic E-state index is -0.171. The van der Waals surface area contributed by atoms with Crippen LogP contribution in [0.3, 0.4) is 0 Å². The summed E-state index contributed by atoms with van der Waals surface area (Å²) in [4.78, 5) is 0. The summed E-state index contributed by atoms with van der Waals surface area (Å²) in [5, 5.41) is 17.5. The van der Waals surface area contributed by atoms with Crippen molar-refractivity contribution in [3.05, 3.63) is 11.9 Å². The summed E-state index contributed by atoms with van der Waals surface area (Å²) in [5.41, 5.74) is 0.750. The summed E-state index contributed by atoms with van der Waals surface area (Å²) in [7, 11) is 1.84. The molecule has 1 fully saturated rings. The Hall–Kier alpha value is -0.940. The Kier molecular flexibility index (Phi) is 2.75. The second-order valence-electron chi connectivity index (χ2n) is 4.34. The van der Waals surface area contributed by atoms with Crippen LogP contribution in [0.25, 0.3) is 0 Å². The maximum Gasteiger partial charge on any atom is 0.0834 e. The molecule has 0 saturated carbocycles. The Labute approximate surface area is 89.0 Å². The van der Waals surface area contributed by atoms with E-state index < -0.39 is 0 Å². The van der Waals surface area contributed by atoms with Gasteiger partial charge in [-0.15, -0.1) is 5.10 Å². The third-order valence-electron chi connectivity index (χ3n) is 3.33. The van der Waals surface area contributed by atoms with Crippen molar-refractivity contribution < 1.29 is 9.84 Å². The largest absolute Gasteiger partial charge is 0.396 e. The number of hydrogen-bond donors (Lipinski definition) is 1. The number of aliphatic hydroxyl groups excluding tert-OH is 1. The molecule has 1 aromatic rings. The number of ether oxygens (including phenoxy) is 1. The van der Waals surface area contributed by atoms with Crippen LogP contribution >= 0.6 is 0 Å². The van der Waals surface area contributed by atoms with Crippen molar-refractivity contribution in [2.75, 3.05) is 13.2 Å². The van der Waals surface area contributed by atoms with Crippen LogP contribution in [0.1, 0.15) is 19.0 Å². The molecule has 15 heavy (non-hydrogen) atoms. The first kappa shape index (κ1) is 10.6. The average molecular weight is 211 g/mol. The molecule has 84 valence electrons. The van der Waals surface area contributed by atoms with Crippen LogP contribution < -0.4 is 0 Å². The minimum Gasteiger partial charge on any atom is -0.396 e. The SMILES string of the molecule is CC1OCCC1(CO)Cc1cn(C)nn1. The van der Waals surface area contributed by atoms with Crippen molar-refractivity contribution in [2.24, 2.45) is 12.5 Å². The lowest BCUT2D eigenvalue weighted by Gasteiger charge is -2.28. The Morgan fingerprint density at radius 2 is 2.53 bits per heavy atom. The molecule has 0 spiro atoms. The van der Waals surface area contributed by atoms with Gasteiger partial charge in [-0.1, -0.05) is 5.21 Å². The molecule has 5 nitrogen and oxygen atoms in total. The van der Waals surface area contributed by atoms with Gasteiger partial charge in [-0.3, -0.25) is 4.68 Å². The van der Waals surface area contributed by atoms with Crippen molar-refractivity contribution >= 4 is 0 Å². The van der Waals surface area contributed by atoms with E-state index in [0.717, 1.165) is 25.1 Å². The third-order valence-corrected chi connectivity index (χ3v) is 3.33. The molecule has 0 radical (unpaired) electrons. The van der Waals surface area contributed by atoms with Crippen LogP contribution in [0.2, 0.25) is 0 Å². The summed E-state index contributed by atoms with van der Waals surface area (Å²) >= 11 is 0. The quantitative estimate of drug-likeness (QED) is 0.773. The predicted molar refractivity (Wildman–Crippen MR) is 54.3 cm³/mol. The van der Waals surface area contributed by atoms with Crippen LogP contribution in [0.15, 0.2) is 6.20 Å². The van der Waals surface area contributed by atoms with Crippen molar-refractivity contribution in [3.8, 4) is 0 Å². The number of aliphatic hydroxyl groups is 1. The fraction of sp³-hybridized carbons (Fsp3) is 0.800. The molecule has 0 aromatic carbocycles. The molecule has 1 aliphatic rings.